The van der Waals surface area contributed by atoms with Crippen LogP contribution in [0.5, 0.6) is 0 Å². The third-order valence-electron chi connectivity index (χ3n) is 2.42. The lowest BCUT2D eigenvalue weighted by molar-refractivity contribution is -0.0855. The van der Waals surface area contributed by atoms with E-state index < -0.39 is 0 Å². The Morgan fingerprint density at radius 1 is 1.40 bits per heavy atom. The number of hydrogen-bond donors (Lipinski definition) is 1. The third kappa shape index (κ3) is 4.05. The van der Waals surface area contributed by atoms with Crippen molar-refractivity contribution in [3.8, 4) is 0 Å². The first kappa shape index (κ1) is 12.3. The maximum absolute atomic E-state index is 11.6. The van der Waals surface area contributed by atoms with Crippen LogP contribution in [0, 0.1) is 0 Å². The summed E-state index contributed by atoms with van der Waals surface area (Å²) in [6.45, 7) is 7.74. The molecule has 0 aliphatic carbocycles. The van der Waals surface area contributed by atoms with Crippen LogP contribution in [0.15, 0.2) is 0 Å². The molecule has 1 fully saturated rings. The van der Waals surface area contributed by atoms with Gasteiger partial charge in [-0.15, -0.1) is 0 Å². The molecule has 88 valence electrons. The number of nitrogens with zero attached hydrogens (tertiary/aromatic N) is 1. The predicted octanol–water partition coefficient (Wildman–Crippen LogP) is 0.453. The molecule has 0 aromatic carbocycles. The van der Waals surface area contributed by atoms with E-state index in [4.69, 9.17) is 9.47 Å². The lowest BCUT2D eigenvalue weighted by atomic mass is 10.3. The van der Waals surface area contributed by atoms with Gasteiger partial charge < -0.3 is 19.7 Å². The van der Waals surface area contributed by atoms with Crippen LogP contribution < -0.4 is 5.32 Å². The molecular formula is C10H20N2O3. The van der Waals surface area contributed by atoms with Crippen molar-refractivity contribution in [3.05, 3.63) is 0 Å². The molecule has 1 aliphatic rings. The number of ether oxygens (including phenoxy) is 2. The molecule has 0 radical (unpaired) electrons. The second-order valence-corrected chi connectivity index (χ2v) is 3.43. The molecule has 0 saturated carbocycles. The summed E-state index contributed by atoms with van der Waals surface area (Å²) in [5.74, 6) is 0. The first-order valence-electron chi connectivity index (χ1n) is 5.50. The Balaban J connectivity index is 2.20. The van der Waals surface area contributed by atoms with E-state index in [1.807, 2.05) is 13.8 Å². The molecule has 1 rings (SSSR count). The van der Waals surface area contributed by atoms with Crippen LogP contribution >= 0.6 is 0 Å². The highest BCUT2D eigenvalue weighted by Gasteiger charge is 2.16. The highest BCUT2D eigenvalue weighted by molar-refractivity contribution is 5.74. The molecule has 5 nitrogen and oxygen atoms in total. The molecule has 15 heavy (non-hydrogen) atoms. The number of carbonyl (C=O) groups is 1. The summed E-state index contributed by atoms with van der Waals surface area (Å²) in [5, 5.41) is 2.84. The van der Waals surface area contributed by atoms with E-state index in [-0.39, 0.29) is 12.1 Å². The molecule has 0 aromatic heterocycles. The van der Waals surface area contributed by atoms with Crippen LogP contribution in [0.1, 0.15) is 13.8 Å². The molecule has 1 aliphatic heterocycles. The normalized spacial score (nSPS) is 21.1. The molecule has 1 heterocycles. The van der Waals surface area contributed by atoms with Gasteiger partial charge >= 0.3 is 6.03 Å². The number of nitrogens with one attached hydrogen (secondary N) is 1. The zero-order chi connectivity index (χ0) is 11.1. The fourth-order valence-corrected chi connectivity index (χ4v) is 1.48. The van der Waals surface area contributed by atoms with Crippen LogP contribution in [-0.2, 0) is 9.47 Å². The van der Waals surface area contributed by atoms with Crippen LogP contribution in [0.4, 0.5) is 4.79 Å². The summed E-state index contributed by atoms with van der Waals surface area (Å²) in [4.78, 5) is 13.3. The molecule has 1 atom stereocenters. The number of urea groups is 1. The Kier molecular flexibility index (Phi) is 5.42. The second kappa shape index (κ2) is 6.63. The zero-order valence-corrected chi connectivity index (χ0v) is 9.49. The monoisotopic (exact) mass is 216 g/mol. The molecule has 1 saturated heterocycles. The van der Waals surface area contributed by atoms with Gasteiger partial charge in [0.25, 0.3) is 0 Å². The van der Waals surface area contributed by atoms with Gasteiger partial charge in [-0.1, -0.05) is 0 Å². The van der Waals surface area contributed by atoms with Crippen LogP contribution in [-0.4, -0.2) is 56.5 Å². The highest BCUT2D eigenvalue weighted by atomic mass is 16.6. The van der Waals surface area contributed by atoms with Gasteiger partial charge in [0.2, 0.25) is 0 Å². The lowest BCUT2D eigenvalue weighted by Gasteiger charge is -2.25. The molecule has 5 heteroatoms. The minimum absolute atomic E-state index is 0.00161. The standard InChI is InChI=1S/C10H20N2O3/c1-3-12(4-2)10(13)11-7-9-8-14-5-6-15-9/h9H,3-8H2,1-2H3,(H,11,13). The Morgan fingerprint density at radius 2 is 2.13 bits per heavy atom. The van der Waals surface area contributed by atoms with Crippen molar-refractivity contribution in [1.29, 1.82) is 0 Å². The van der Waals surface area contributed by atoms with Gasteiger partial charge in [0, 0.05) is 19.6 Å². The molecule has 1 N–H and O–H groups in total. The number of rotatable bonds is 4. The molecule has 1 unspecified atom stereocenters. The van der Waals surface area contributed by atoms with Crippen molar-refractivity contribution in [2.24, 2.45) is 0 Å². The Morgan fingerprint density at radius 3 is 2.67 bits per heavy atom. The van der Waals surface area contributed by atoms with Crippen molar-refractivity contribution >= 4 is 6.03 Å². The van der Waals surface area contributed by atoms with Crippen molar-refractivity contribution < 1.29 is 14.3 Å². The van der Waals surface area contributed by atoms with E-state index in [1.54, 1.807) is 4.90 Å². The van der Waals surface area contributed by atoms with Gasteiger partial charge in [-0.3, -0.25) is 0 Å². The lowest BCUT2D eigenvalue weighted by Crippen LogP contribution is -2.45. The average molecular weight is 216 g/mol. The number of amides is 2. The first-order chi connectivity index (χ1) is 7.27. The van der Waals surface area contributed by atoms with E-state index in [0.717, 1.165) is 13.1 Å². The molecule has 2 amide bonds. The van der Waals surface area contributed by atoms with E-state index in [9.17, 15) is 4.79 Å². The van der Waals surface area contributed by atoms with Crippen molar-refractivity contribution in [2.45, 2.75) is 20.0 Å². The van der Waals surface area contributed by atoms with E-state index in [2.05, 4.69) is 5.32 Å². The maximum Gasteiger partial charge on any atom is 0.317 e. The zero-order valence-electron chi connectivity index (χ0n) is 9.49. The van der Waals surface area contributed by atoms with Gasteiger partial charge in [0.15, 0.2) is 0 Å². The summed E-state index contributed by atoms with van der Waals surface area (Å²) in [5.41, 5.74) is 0. The maximum atomic E-state index is 11.6. The fraction of sp³-hybridized carbons (Fsp3) is 0.900. The Hall–Kier alpha value is -0.810. The number of hydrogen-bond acceptors (Lipinski definition) is 3. The SMILES string of the molecule is CCN(CC)C(=O)NCC1COCCO1. The molecule has 0 spiro atoms. The van der Waals surface area contributed by atoms with Crippen molar-refractivity contribution in [3.63, 3.8) is 0 Å². The second-order valence-electron chi connectivity index (χ2n) is 3.43. The minimum Gasteiger partial charge on any atom is -0.376 e. The largest absolute Gasteiger partial charge is 0.376 e. The highest BCUT2D eigenvalue weighted by Crippen LogP contribution is 1.99. The topological polar surface area (TPSA) is 50.8 Å². The third-order valence-corrected chi connectivity index (χ3v) is 2.42. The van der Waals surface area contributed by atoms with Crippen molar-refractivity contribution in [1.82, 2.24) is 10.2 Å². The Bertz CT molecular complexity index is 189. The van der Waals surface area contributed by atoms with Crippen LogP contribution in [0.3, 0.4) is 0 Å². The summed E-state index contributed by atoms with van der Waals surface area (Å²) in [6, 6.07) is -0.0332. The Labute approximate surface area is 90.7 Å². The van der Waals surface area contributed by atoms with Gasteiger partial charge in [-0.25, -0.2) is 4.79 Å². The molecule has 0 bridgehead atoms. The van der Waals surface area contributed by atoms with E-state index in [0.29, 0.717) is 26.4 Å². The minimum atomic E-state index is -0.0332. The summed E-state index contributed by atoms with van der Waals surface area (Å²) in [6.07, 6.45) is -0.00161. The van der Waals surface area contributed by atoms with Crippen LogP contribution in [0.2, 0.25) is 0 Å². The van der Waals surface area contributed by atoms with Gasteiger partial charge in [0.05, 0.1) is 25.9 Å². The van der Waals surface area contributed by atoms with Gasteiger partial charge in [0.1, 0.15) is 0 Å². The average Bonchev–Trinajstić information content (AvgIpc) is 2.29. The summed E-state index contributed by atoms with van der Waals surface area (Å²) in [7, 11) is 0. The van der Waals surface area contributed by atoms with Gasteiger partial charge in [-0.2, -0.15) is 0 Å². The summed E-state index contributed by atoms with van der Waals surface area (Å²) >= 11 is 0. The molecular weight excluding hydrogens is 196 g/mol. The van der Waals surface area contributed by atoms with E-state index >= 15 is 0 Å². The fourth-order valence-electron chi connectivity index (χ4n) is 1.48. The number of carbonyl (C=O) groups excluding carboxylic acids is 1. The first-order valence-corrected chi connectivity index (χ1v) is 5.50. The van der Waals surface area contributed by atoms with Crippen molar-refractivity contribution in [2.75, 3.05) is 39.5 Å². The summed E-state index contributed by atoms with van der Waals surface area (Å²) < 4.78 is 10.7. The van der Waals surface area contributed by atoms with E-state index in [1.165, 1.54) is 0 Å². The van der Waals surface area contributed by atoms with Crippen LogP contribution in [0.25, 0.3) is 0 Å². The quantitative estimate of drug-likeness (QED) is 0.742. The smallest absolute Gasteiger partial charge is 0.317 e. The van der Waals surface area contributed by atoms with Gasteiger partial charge in [-0.05, 0) is 13.8 Å². The molecule has 0 aromatic rings. The predicted molar refractivity (Wildman–Crippen MR) is 56.9 cm³/mol.